The zero-order chi connectivity index (χ0) is 18.0. The van der Waals surface area contributed by atoms with Crippen LogP contribution >= 0.6 is 0 Å². The normalized spacial score (nSPS) is 10.7. The maximum atomic E-state index is 9.80. The van der Waals surface area contributed by atoms with Crippen molar-refractivity contribution >= 4 is 0 Å². The van der Waals surface area contributed by atoms with Crippen LogP contribution in [-0.4, -0.2) is 5.11 Å². The van der Waals surface area contributed by atoms with Crippen molar-refractivity contribution in [3.05, 3.63) is 82.4 Å². The minimum Gasteiger partial charge on any atom is -0.508 e. The summed E-state index contributed by atoms with van der Waals surface area (Å²) in [6.45, 7) is 8.82. The maximum Gasteiger partial charge on any atom is 0.119 e. The quantitative estimate of drug-likeness (QED) is 0.647. The average molecular weight is 332 g/mol. The van der Waals surface area contributed by atoms with Crippen molar-refractivity contribution in [3.8, 4) is 22.6 Å². The molecule has 0 saturated heterocycles. The summed E-state index contributed by atoms with van der Waals surface area (Å²) in [7, 11) is 0. The summed E-state index contributed by atoms with van der Waals surface area (Å²) in [5.74, 6) is 1.20. The van der Waals surface area contributed by atoms with Crippen molar-refractivity contribution in [2.75, 3.05) is 0 Å². The smallest absolute Gasteiger partial charge is 0.119 e. The van der Waals surface area contributed by atoms with Gasteiger partial charge in [-0.2, -0.15) is 0 Å². The minimum absolute atomic E-state index is 0.315. The van der Waals surface area contributed by atoms with Gasteiger partial charge in [-0.25, -0.2) is 0 Å². The zero-order valence-corrected chi connectivity index (χ0v) is 15.3. The van der Waals surface area contributed by atoms with Gasteiger partial charge in [-0.15, -0.1) is 0 Å². The number of benzene rings is 3. The molecule has 128 valence electrons. The fourth-order valence-electron chi connectivity index (χ4n) is 3.27. The molecule has 3 aromatic carbocycles. The molecule has 0 aromatic heterocycles. The van der Waals surface area contributed by atoms with Crippen LogP contribution in [0, 0.1) is 27.7 Å². The van der Waals surface area contributed by atoms with Crippen molar-refractivity contribution in [1.82, 2.24) is 0 Å². The Morgan fingerprint density at radius 2 is 1.48 bits per heavy atom. The molecule has 2 nitrogen and oxygen atoms in total. The Kier molecular flexibility index (Phi) is 4.80. The van der Waals surface area contributed by atoms with Gasteiger partial charge in [0.05, 0.1) is 0 Å². The van der Waals surface area contributed by atoms with Crippen molar-refractivity contribution < 1.29 is 9.84 Å². The highest BCUT2D eigenvalue weighted by Crippen LogP contribution is 2.34. The van der Waals surface area contributed by atoms with Gasteiger partial charge in [0, 0.05) is 0 Å². The molecule has 0 radical (unpaired) electrons. The second kappa shape index (κ2) is 7.02. The molecule has 0 aliphatic carbocycles. The van der Waals surface area contributed by atoms with Crippen molar-refractivity contribution in [2.24, 2.45) is 0 Å². The molecule has 0 saturated carbocycles. The zero-order valence-electron chi connectivity index (χ0n) is 15.3. The van der Waals surface area contributed by atoms with E-state index in [1.807, 2.05) is 38.1 Å². The van der Waals surface area contributed by atoms with Gasteiger partial charge in [-0.3, -0.25) is 0 Å². The Hall–Kier alpha value is -2.74. The topological polar surface area (TPSA) is 29.5 Å². The van der Waals surface area contributed by atoms with Gasteiger partial charge in [0.15, 0.2) is 0 Å². The standard InChI is InChI=1S/C23H24O2/c1-15-8-10-21(11-9-15)25-14-19-6-5-7-22(18(19)4)23-16(2)12-20(24)13-17(23)3/h5-13,24H,14H2,1-4H3. The van der Waals surface area contributed by atoms with Crippen LogP contribution in [0.1, 0.15) is 27.8 Å². The van der Waals surface area contributed by atoms with Gasteiger partial charge in [0.2, 0.25) is 0 Å². The summed E-state index contributed by atoms with van der Waals surface area (Å²) in [5.41, 5.74) is 8.15. The SMILES string of the molecule is Cc1ccc(OCc2cccc(-c3c(C)cc(O)cc3C)c2C)cc1. The monoisotopic (exact) mass is 332 g/mol. The highest BCUT2D eigenvalue weighted by Gasteiger charge is 2.12. The first-order valence-electron chi connectivity index (χ1n) is 8.54. The third-order valence-electron chi connectivity index (χ3n) is 4.65. The molecule has 0 unspecified atom stereocenters. The highest BCUT2D eigenvalue weighted by atomic mass is 16.5. The number of rotatable bonds is 4. The number of hydrogen-bond donors (Lipinski definition) is 1. The molecule has 2 heteroatoms. The Morgan fingerprint density at radius 3 is 2.12 bits per heavy atom. The molecule has 1 N–H and O–H groups in total. The molecule has 0 atom stereocenters. The van der Waals surface area contributed by atoms with Gasteiger partial charge >= 0.3 is 0 Å². The molecule has 3 aromatic rings. The summed E-state index contributed by atoms with van der Waals surface area (Å²) in [5, 5.41) is 9.80. The molecule has 3 rings (SSSR count). The van der Waals surface area contributed by atoms with Crippen LogP contribution in [0.3, 0.4) is 0 Å². The van der Waals surface area contributed by atoms with Crippen LogP contribution in [0.2, 0.25) is 0 Å². The molecule has 0 amide bonds. The van der Waals surface area contributed by atoms with Gasteiger partial charge in [-0.1, -0.05) is 35.9 Å². The summed E-state index contributed by atoms with van der Waals surface area (Å²) in [6, 6.07) is 18.1. The third kappa shape index (κ3) is 3.69. The van der Waals surface area contributed by atoms with Crippen molar-refractivity contribution in [3.63, 3.8) is 0 Å². The number of ether oxygens (including phenoxy) is 1. The number of aromatic hydroxyl groups is 1. The van der Waals surface area contributed by atoms with Crippen LogP contribution in [0.4, 0.5) is 0 Å². The fourth-order valence-corrected chi connectivity index (χ4v) is 3.27. The van der Waals surface area contributed by atoms with E-state index in [4.69, 9.17) is 4.74 Å². The molecular formula is C23H24O2. The molecule has 0 heterocycles. The average Bonchev–Trinajstić information content (AvgIpc) is 2.56. The van der Waals surface area contributed by atoms with Crippen molar-refractivity contribution in [1.29, 1.82) is 0 Å². The lowest BCUT2D eigenvalue weighted by Crippen LogP contribution is -2.00. The predicted molar refractivity (Wildman–Crippen MR) is 103 cm³/mol. The number of phenols is 1. The van der Waals surface area contributed by atoms with Crippen LogP contribution in [0.5, 0.6) is 11.5 Å². The molecule has 0 aliphatic rings. The summed E-state index contributed by atoms with van der Waals surface area (Å²) in [4.78, 5) is 0. The predicted octanol–water partition coefficient (Wildman–Crippen LogP) is 5.87. The van der Waals surface area contributed by atoms with E-state index in [0.29, 0.717) is 12.4 Å². The Labute approximate surface area is 149 Å². The Morgan fingerprint density at radius 1 is 0.840 bits per heavy atom. The number of aryl methyl sites for hydroxylation is 3. The summed E-state index contributed by atoms with van der Waals surface area (Å²) in [6.07, 6.45) is 0. The molecule has 25 heavy (non-hydrogen) atoms. The second-order valence-electron chi connectivity index (χ2n) is 6.65. The number of hydrogen-bond acceptors (Lipinski definition) is 2. The fraction of sp³-hybridized carbons (Fsp3) is 0.217. The highest BCUT2D eigenvalue weighted by molar-refractivity contribution is 5.75. The molecule has 0 fully saturated rings. The molecular weight excluding hydrogens is 308 g/mol. The second-order valence-corrected chi connectivity index (χ2v) is 6.65. The Bertz CT molecular complexity index is 869. The van der Waals surface area contributed by atoms with Crippen LogP contribution in [0.15, 0.2) is 54.6 Å². The largest absolute Gasteiger partial charge is 0.508 e. The number of phenolic OH excluding ortho intramolecular Hbond substituents is 1. The molecule has 0 bridgehead atoms. The van der Waals surface area contributed by atoms with E-state index in [-0.39, 0.29) is 0 Å². The van der Waals surface area contributed by atoms with Gasteiger partial charge < -0.3 is 9.84 Å². The van der Waals surface area contributed by atoms with Crippen LogP contribution < -0.4 is 4.74 Å². The van der Waals surface area contributed by atoms with E-state index < -0.39 is 0 Å². The first kappa shape index (κ1) is 17.1. The van der Waals surface area contributed by atoms with Gasteiger partial charge in [0.1, 0.15) is 18.1 Å². The molecule has 0 aliphatic heterocycles. The first-order valence-corrected chi connectivity index (χ1v) is 8.54. The lowest BCUT2D eigenvalue weighted by Gasteiger charge is -2.16. The van der Waals surface area contributed by atoms with Crippen LogP contribution in [0.25, 0.3) is 11.1 Å². The van der Waals surface area contributed by atoms with E-state index in [9.17, 15) is 5.11 Å². The van der Waals surface area contributed by atoms with Gasteiger partial charge in [-0.05, 0) is 85.3 Å². The van der Waals surface area contributed by atoms with Crippen molar-refractivity contribution in [2.45, 2.75) is 34.3 Å². The lowest BCUT2D eigenvalue weighted by atomic mass is 9.90. The summed E-state index contributed by atoms with van der Waals surface area (Å²) >= 11 is 0. The van der Waals surface area contributed by atoms with E-state index in [0.717, 1.165) is 16.9 Å². The maximum absolute atomic E-state index is 9.80. The van der Waals surface area contributed by atoms with Gasteiger partial charge in [0.25, 0.3) is 0 Å². The summed E-state index contributed by atoms with van der Waals surface area (Å²) < 4.78 is 5.96. The lowest BCUT2D eigenvalue weighted by molar-refractivity contribution is 0.305. The minimum atomic E-state index is 0.315. The van der Waals surface area contributed by atoms with E-state index in [1.165, 1.54) is 27.8 Å². The van der Waals surface area contributed by atoms with E-state index >= 15 is 0 Å². The first-order chi connectivity index (χ1) is 12.0. The Balaban J connectivity index is 1.91. The third-order valence-corrected chi connectivity index (χ3v) is 4.65. The molecule has 0 spiro atoms. The van der Waals surface area contributed by atoms with E-state index in [2.05, 4.69) is 44.2 Å². The van der Waals surface area contributed by atoms with E-state index in [1.54, 1.807) is 0 Å². The van der Waals surface area contributed by atoms with Crippen LogP contribution in [-0.2, 0) is 6.61 Å².